The number of benzene rings is 3. The number of carbonyl (C=O) groups excluding carboxylic acids is 1. The molecule has 1 saturated heterocycles. The number of aromatic amines is 1. The predicted molar refractivity (Wildman–Crippen MR) is 180 cm³/mol. The number of fused-ring (bicyclic) bond motifs is 1. The van der Waals surface area contributed by atoms with E-state index in [1.165, 1.54) is 16.0 Å². The van der Waals surface area contributed by atoms with Crippen LogP contribution in [-0.2, 0) is 39.1 Å². The molecule has 0 saturated carbocycles. The zero-order valence-corrected chi connectivity index (χ0v) is 27.6. The summed E-state index contributed by atoms with van der Waals surface area (Å²) in [6.07, 6.45) is 1.46. The maximum atomic E-state index is 13.3. The molecule has 0 amide bonds. The van der Waals surface area contributed by atoms with E-state index in [-0.39, 0.29) is 31.1 Å². The first kappa shape index (κ1) is 33.4. The molecule has 2 heterocycles. The summed E-state index contributed by atoms with van der Waals surface area (Å²) < 4.78 is 35.7. The fourth-order valence-corrected chi connectivity index (χ4v) is 7.14. The third-order valence-electron chi connectivity index (χ3n) is 8.28. The molecular weight excluding hydrogens is 630 g/mol. The topological polar surface area (TPSA) is 134 Å². The van der Waals surface area contributed by atoms with E-state index < -0.39 is 27.9 Å². The highest BCUT2D eigenvalue weighted by molar-refractivity contribution is 7.87. The summed E-state index contributed by atoms with van der Waals surface area (Å²) in [5.74, 6) is -0.863. The van der Waals surface area contributed by atoms with Gasteiger partial charge >= 0.3 is 11.7 Å². The summed E-state index contributed by atoms with van der Waals surface area (Å²) in [5, 5.41) is 1.05. The number of carbonyl (C=O) groups is 1. The van der Waals surface area contributed by atoms with Gasteiger partial charge in [-0.3, -0.25) is 14.2 Å². The number of ether oxygens (including phenoxy) is 1. The maximum absolute atomic E-state index is 13.3. The van der Waals surface area contributed by atoms with E-state index in [0.717, 1.165) is 28.8 Å². The minimum Gasteiger partial charge on any atom is -0.468 e. The first-order valence-electron chi connectivity index (χ1n) is 15.1. The highest BCUT2D eigenvalue weighted by Gasteiger charge is 2.33. The molecule has 1 aromatic heterocycles. The highest BCUT2D eigenvalue weighted by atomic mass is 35.5. The average Bonchev–Trinajstić information content (AvgIpc) is 3.05. The molecule has 2 N–H and O–H groups in total. The number of methoxy groups -OCH3 is 1. The predicted octanol–water partition coefficient (Wildman–Crippen LogP) is 3.33. The number of hydrogen-bond acceptors (Lipinski definition) is 7. The van der Waals surface area contributed by atoms with Crippen molar-refractivity contribution in [2.24, 2.45) is 5.92 Å². The lowest BCUT2D eigenvalue weighted by molar-refractivity contribution is -0.143. The number of piperazine rings is 1. The highest BCUT2D eigenvalue weighted by Crippen LogP contribution is 2.20. The van der Waals surface area contributed by atoms with Gasteiger partial charge in [0.05, 0.1) is 24.6 Å². The van der Waals surface area contributed by atoms with E-state index >= 15 is 0 Å². The smallest absolute Gasteiger partial charge is 0.329 e. The van der Waals surface area contributed by atoms with Gasteiger partial charge in [-0.05, 0) is 71.8 Å². The zero-order chi connectivity index (χ0) is 33.0. The Balaban J connectivity index is 1.19. The molecule has 13 heteroatoms. The third kappa shape index (κ3) is 7.69. The number of nitrogens with one attached hydrogen (secondary N) is 2. The molecule has 1 aliphatic rings. The lowest BCUT2D eigenvalue weighted by Gasteiger charge is -2.36. The number of halogens is 1. The Morgan fingerprint density at radius 3 is 2.15 bits per heavy atom. The van der Waals surface area contributed by atoms with Gasteiger partial charge in [-0.1, -0.05) is 55.8 Å². The van der Waals surface area contributed by atoms with Crippen LogP contribution in [0.4, 0.5) is 5.69 Å². The van der Waals surface area contributed by atoms with Crippen LogP contribution < -0.4 is 20.9 Å². The number of rotatable bonds is 11. The fourth-order valence-electron chi connectivity index (χ4n) is 5.54. The van der Waals surface area contributed by atoms with Gasteiger partial charge < -0.3 is 14.6 Å². The molecule has 1 fully saturated rings. The number of anilines is 1. The molecule has 0 bridgehead atoms. The summed E-state index contributed by atoms with van der Waals surface area (Å²) in [6.45, 7) is 5.28. The Morgan fingerprint density at radius 2 is 1.52 bits per heavy atom. The van der Waals surface area contributed by atoms with Gasteiger partial charge in [0.2, 0.25) is 0 Å². The van der Waals surface area contributed by atoms with Crippen LogP contribution in [0, 0.1) is 5.92 Å². The molecule has 244 valence electrons. The summed E-state index contributed by atoms with van der Waals surface area (Å²) in [6, 6.07) is 19.8. The fraction of sp³-hybridized carbons (Fsp3) is 0.364. The first-order valence-corrected chi connectivity index (χ1v) is 17.0. The van der Waals surface area contributed by atoms with Gasteiger partial charge in [0.15, 0.2) is 0 Å². The lowest BCUT2D eigenvalue weighted by Crippen LogP contribution is -2.56. The molecule has 3 aromatic carbocycles. The number of esters is 1. The summed E-state index contributed by atoms with van der Waals surface area (Å²) >= 11 is 5.97. The van der Waals surface area contributed by atoms with Crippen molar-refractivity contribution in [2.75, 3.05) is 38.2 Å². The van der Waals surface area contributed by atoms with Crippen molar-refractivity contribution in [3.05, 3.63) is 109 Å². The summed E-state index contributed by atoms with van der Waals surface area (Å²) in [5.41, 5.74) is 3.61. The largest absolute Gasteiger partial charge is 0.468 e. The molecular formula is C33H38ClN5O6S. The number of hydrogen-bond donors (Lipinski definition) is 2. The van der Waals surface area contributed by atoms with Crippen molar-refractivity contribution in [3.63, 3.8) is 0 Å². The van der Waals surface area contributed by atoms with E-state index in [2.05, 4.69) is 26.7 Å². The normalized spacial score (nSPS) is 14.9. The van der Waals surface area contributed by atoms with Crippen molar-refractivity contribution in [3.8, 4) is 0 Å². The molecule has 4 aromatic rings. The Morgan fingerprint density at radius 1 is 0.913 bits per heavy atom. The van der Waals surface area contributed by atoms with Gasteiger partial charge in [0.1, 0.15) is 6.04 Å². The van der Waals surface area contributed by atoms with Crippen molar-refractivity contribution in [1.29, 1.82) is 0 Å². The van der Waals surface area contributed by atoms with Crippen molar-refractivity contribution < 1.29 is 17.9 Å². The Labute approximate surface area is 272 Å². The number of aromatic nitrogens is 2. The molecule has 0 spiro atoms. The first-order chi connectivity index (χ1) is 21.9. The van der Waals surface area contributed by atoms with Crippen LogP contribution in [0.1, 0.15) is 30.5 Å². The van der Waals surface area contributed by atoms with Crippen LogP contribution in [0.5, 0.6) is 0 Å². The third-order valence-corrected chi connectivity index (χ3v) is 10.1. The molecule has 1 atom stereocenters. The van der Waals surface area contributed by atoms with Crippen LogP contribution in [0.25, 0.3) is 10.9 Å². The zero-order valence-electron chi connectivity index (χ0n) is 26.0. The molecule has 1 aliphatic heterocycles. The minimum atomic E-state index is -3.85. The number of aryl methyl sites for hydroxylation is 2. The summed E-state index contributed by atoms with van der Waals surface area (Å²) in [4.78, 5) is 42.9. The number of H-pyrrole nitrogens is 1. The average molecular weight is 668 g/mol. The minimum absolute atomic E-state index is 0.146. The van der Waals surface area contributed by atoms with Crippen LogP contribution in [-0.4, -0.2) is 67.6 Å². The molecule has 0 radical (unpaired) electrons. The lowest BCUT2D eigenvalue weighted by atomic mass is 10.0. The number of nitrogens with zero attached hydrogens (tertiary/aromatic N) is 3. The molecule has 46 heavy (non-hydrogen) atoms. The van der Waals surface area contributed by atoms with Crippen LogP contribution in [0.15, 0.2) is 76.3 Å². The van der Waals surface area contributed by atoms with Crippen molar-refractivity contribution in [1.82, 2.24) is 18.6 Å². The Bertz CT molecular complexity index is 1920. The van der Waals surface area contributed by atoms with Gasteiger partial charge in [-0.2, -0.15) is 17.4 Å². The van der Waals surface area contributed by atoms with E-state index in [1.54, 1.807) is 44.2 Å². The van der Waals surface area contributed by atoms with Gasteiger partial charge in [0, 0.05) is 36.9 Å². The van der Waals surface area contributed by atoms with E-state index in [0.29, 0.717) is 35.4 Å². The van der Waals surface area contributed by atoms with Gasteiger partial charge in [-0.25, -0.2) is 4.79 Å². The Kier molecular flexibility index (Phi) is 10.3. The molecule has 5 rings (SSSR count). The quantitative estimate of drug-likeness (QED) is 0.235. The van der Waals surface area contributed by atoms with Gasteiger partial charge in [-0.15, -0.1) is 0 Å². The van der Waals surface area contributed by atoms with Crippen molar-refractivity contribution in [2.45, 2.75) is 39.3 Å². The maximum Gasteiger partial charge on any atom is 0.329 e. The SMILES string of the molecule is COC(=O)[C@H](NS(=O)(=O)N1CCN(c2ccc(CCc3ccc4[nH]c(=O)n(Cc5ccc(Cl)cc5)c(=O)c4c3)cc2)CC1)C(C)C. The standard InChI is InChI=1S/C33H38ClN5O6S/c1-22(2)30(32(41)45-3)36-46(43,44)38-18-16-37(17-19-38)27-13-8-23(9-14-27)4-5-24-10-15-29-28(20-24)31(40)39(33(42)35-29)21-25-6-11-26(34)12-7-25/h6-15,20,22,30,36H,4-5,16-19,21H2,1-3H3,(H,35,42)/t30-/m1/s1. The summed E-state index contributed by atoms with van der Waals surface area (Å²) in [7, 11) is -2.61. The Hall–Kier alpha value is -3.97. The van der Waals surface area contributed by atoms with Crippen LogP contribution in [0.2, 0.25) is 5.02 Å². The second kappa shape index (κ2) is 14.2. The van der Waals surface area contributed by atoms with Crippen LogP contribution in [0.3, 0.4) is 0 Å². The van der Waals surface area contributed by atoms with Crippen LogP contribution >= 0.6 is 11.6 Å². The van der Waals surface area contributed by atoms with E-state index in [1.807, 2.05) is 24.3 Å². The van der Waals surface area contributed by atoms with Gasteiger partial charge in [0.25, 0.3) is 15.8 Å². The second-order valence-corrected chi connectivity index (χ2v) is 13.9. The second-order valence-electron chi connectivity index (χ2n) is 11.7. The monoisotopic (exact) mass is 667 g/mol. The van der Waals surface area contributed by atoms with Crippen molar-refractivity contribution >= 4 is 44.4 Å². The molecule has 0 aliphatic carbocycles. The molecule has 11 nitrogen and oxygen atoms in total. The van der Waals surface area contributed by atoms with E-state index in [9.17, 15) is 22.8 Å². The molecule has 0 unspecified atom stereocenters. The van der Waals surface area contributed by atoms with E-state index in [4.69, 9.17) is 16.3 Å².